The summed E-state index contributed by atoms with van der Waals surface area (Å²) in [6.07, 6.45) is 4.18. The summed E-state index contributed by atoms with van der Waals surface area (Å²) in [5.41, 5.74) is 0.584. The summed E-state index contributed by atoms with van der Waals surface area (Å²) in [6.45, 7) is 0.456. The molecule has 6 nitrogen and oxygen atoms in total. The Morgan fingerprint density at radius 3 is 2.60 bits per heavy atom. The van der Waals surface area contributed by atoms with E-state index in [-0.39, 0.29) is 23.6 Å². The average molecular weight is 411 g/mol. The summed E-state index contributed by atoms with van der Waals surface area (Å²) in [6, 6.07) is 12.1. The van der Waals surface area contributed by atoms with Crippen molar-refractivity contribution in [3.8, 4) is 17.2 Å². The van der Waals surface area contributed by atoms with Gasteiger partial charge in [0.15, 0.2) is 11.5 Å². The van der Waals surface area contributed by atoms with E-state index in [1.807, 2.05) is 23.1 Å². The maximum atomic E-state index is 13.6. The molecular weight excluding hydrogens is 382 g/mol. The van der Waals surface area contributed by atoms with E-state index in [2.05, 4.69) is 0 Å². The highest BCUT2D eigenvalue weighted by Gasteiger charge is 2.50. The van der Waals surface area contributed by atoms with Crippen molar-refractivity contribution >= 4 is 5.91 Å². The van der Waals surface area contributed by atoms with Gasteiger partial charge in [-0.15, -0.1) is 0 Å². The predicted molar refractivity (Wildman–Crippen MR) is 113 cm³/mol. The highest BCUT2D eigenvalue weighted by molar-refractivity contribution is 5.97. The van der Waals surface area contributed by atoms with E-state index in [0.717, 1.165) is 31.2 Å². The van der Waals surface area contributed by atoms with Crippen LogP contribution in [0, 0.1) is 5.92 Å². The maximum absolute atomic E-state index is 13.6. The number of hydrogen-bond donors (Lipinski definition) is 2. The molecule has 0 bridgehead atoms. The number of benzene rings is 2. The molecule has 1 aliphatic carbocycles. The zero-order valence-corrected chi connectivity index (χ0v) is 17.5. The van der Waals surface area contributed by atoms with Crippen molar-refractivity contribution in [2.45, 2.75) is 43.7 Å². The number of nitrogens with zero attached hydrogens (tertiary/aromatic N) is 1. The van der Waals surface area contributed by atoms with Crippen LogP contribution < -0.4 is 9.47 Å². The largest absolute Gasteiger partial charge is 0.504 e. The Labute approximate surface area is 177 Å². The smallest absolute Gasteiger partial charge is 0.258 e. The van der Waals surface area contributed by atoms with E-state index in [4.69, 9.17) is 9.47 Å². The second kappa shape index (κ2) is 8.19. The molecule has 30 heavy (non-hydrogen) atoms. The first-order chi connectivity index (χ1) is 14.5. The minimum Gasteiger partial charge on any atom is -0.504 e. The van der Waals surface area contributed by atoms with Gasteiger partial charge in [0.1, 0.15) is 5.75 Å². The molecule has 1 heterocycles. The van der Waals surface area contributed by atoms with Crippen LogP contribution in [-0.2, 0) is 0 Å². The van der Waals surface area contributed by atoms with Crippen LogP contribution in [0.3, 0.4) is 0 Å². The fourth-order valence-electron chi connectivity index (χ4n) is 5.18. The minimum atomic E-state index is -0.786. The monoisotopic (exact) mass is 411 g/mol. The van der Waals surface area contributed by atoms with Crippen LogP contribution in [-0.4, -0.2) is 47.4 Å². The van der Waals surface area contributed by atoms with Crippen LogP contribution >= 0.6 is 0 Å². The van der Waals surface area contributed by atoms with Crippen molar-refractivity contribution in [2.75, 3.05) is 20.8 Å². The number of carbonyl (C=O) groups is 1. The number of carbonyl (C=O) groups excluding carboxylic acids is 1. The minimum absolute atomic E-state index is 0.0542. The van der Waals surface area contributed by atoms with E-state index in [1.165, 1.54) is 7.11 Å². The summed E-state index contributed by atoms with van der Waals surface area (Å²) in [7, 11) is 3.07. The van der Waals surface area contributed by atoms with Crippen LogP contribution in [0.4, 0.5) is 0 Å². The van der Waals surface area contributed by atoms with Crippen molar-refractivity contribution in [2.24, 2.45) is 5.92 Å². The number of rotatable bonds is 4. The number of para-hydroxylation sites is 1. The van der Waals surface area contributed by atoms with Crippen molar-refractivity contribution in [1.29, 1.82) is 0 Å². The zero-order valence-electron chi connectivity index (χ0n) is 17.5. The second-order valence-corrected chi connectivity index (χ2v) is 8.28. The molecule has 0 spiro atoms. The Morgan fingerprint density at radius 2 is 1.83 bits per heavy atom. The summed E-state index contributed by atoms with van der Waals surface area (Å²) in [5, 5.41) is 21.5. The van der Waals surface area contributed by atoms with Gasteiger partial charge in [-0.1, -0.05) is 31.0 Å². The first-order valence-electron chi connectivity index (χ1n) is 10.5. The van der Waals surface area contributed by atoms with Gasteiger partial charge in [-0.2, -0.15) is 0 Å². The molecule has 3 atom stereocenters. The van der Waals surface area contributed by atoms with Gasteiger partial charge < -0.3 is 24.6 Å². The highest BCUT2D eigenvalue weighted by Crippen LogP contribution is 2.50. The third-order valence-corrected chi connectivity index (χ3v) is 6.71. The van der Waals surface area contributed by atoms with Gasteiger partial charge in [-0.3, -0.25) is 4.79 Å². The fourth-order valence-corrected chi connectivity index (χ4v) is 5.18. The Hall–Kier alpha value is -2.73. The molecule has 1 saturated carbocycles. The number of likely N-dealkylation sites (tertiary alicyclic amines) is 1. The molecule has 6 heteroatoms. The molecule has 1 saturated heterocycles. The molecule has 1 aliphatic heterocycles. The number of fused-ring (bicyclic) bond motifs is 1. The number of piperidine rings is 1. The SMILES string of the molecule is COc1cc(C2C3CCCCC3(O)CCN2C(=O)c2ccccc2OC)ccc1O. The molecule has 1 amide bonds. The Kier molecular flexibility index (Phi) is 5.60. The molecule has 2 aliphatic rings. The van der Waals surface area contributed by atoms with Gasteiger partial charge in [0.05, 0.1) is 31.4 Å². The molecular formula is C24H29NO5. The van der Waals surface area contributed by atoms with E-state index < -0.39 is 5.60 Å². The first kappa shape index (κ1) is 20.5. The van der Waals surface area contributed by atoms with Crippen LogP contribution in [0.5, 0.6) is 17.2 Å². The Morgan fingerprint density at radius 1 is 1.07 bits per heavy atom. The van der Waals surface area contributed by atoms with Crippen LogP contribution in [0.2, 0.25) is 0 Å². The van der Waals surface area contributed by atoms with Gasteiger partial charge >= 0.3 is 0 Å². The molecule has 0 aromatic heterocycles. The average Bonchev–Trinajstić information content (AvgIpc) is 2.78. The van der Waals surface area contributed by atoms with Crippen LogP contribution in [0.25, 0.3) is 0 Å². The number of phenols is 1. The molecule has 0 radical (unpaired) electrons. The van der Waals surface area contributed by atoms with Crippen molar-refractivity contribution in [3.05, 3.63) is 53.6 Å². The lowest BCUT2D eigenvalue weighted by molar-refractivity contribution is -0.115. The quantitative estimate of drug-likeness (QED) is 0.797. The summed E-state index contributed by atoms with van der Waals surface area (Å²) in [5.74, 6) is 0.764. The second-order valence-electron chi connectivity index (χ2n) is 8.28. The number of hydrogen-bond acceptors (Lipinski definition) is 5. The molecule has 2 N–H and O–H groups in total. The topological polar surface area (TPSA) is 79.2 Å². The van der Waals surface area contributed by atoms with E-state index in [0.29, 0.717) is 30.0 Å². The number of aromatic hydroxyl groups is 1. The normalized spacial score (nSPS) is 26.0. The lowest BCUT2D eigenvalue weighted by Gasteiger charge is -2.52. The van der Waals surface area contributed by atoms with Gasteiger partial charge in [0.25, 0.3) is 5.91 Å². The third-order valence-electron chi connectivity index (χ3n) is 6.71. The van der Waals surface area contributed by atoms with Crippen LogP contribution in [0.1, 0.15) is 54.1 Å². The Balaban J connectivity index is 1.79. The number of methoxy groups -OCH3 is 2. The summed E-state index contributed by atoms with van der Waals surface area (Å²) < 4.78 is 10.7. The molecule has 2 fully saturated rings. The number of ether oxygens (including phenoxy) is 2. The molecule has 160 valence electrons. The highest BCUT2D eigenvalue weighted by atomic mass is 16.5. The van der Waals surface area contributed by atoms with Gasteiger partial charge in [-0.25, -0.2) is 0 Å². The first-order valence-corrected chi connectivity index (χ1v) is 10.5. The van der Waals surface area contributed by atoms with Crippen molar-refractivity contribution in [3.63, 3.8) is 0 Å². The third kappa shape index (κ3) is 3.49. The van der Waals surface area contributed by atoms with Gasteiger partial charge in [-0.05, 0) is 49.1 Å². The summed E-state index contributed by atoms with van der Waals surface area (Å²) >= 11 is 0. The van der Waals surface area contributed by atoms with E-state index in [9.17, 15) is 15.0 Å². The molecule has 2 aromatic rings. The van der Waals surface area contributed by atoms with E-state index in [1.54, 1.807) is 31.4 Å². The van der Waals surface area contributed by atoms with Gasteiger partial charge in [0, 0.05) is 12.5 Å². The standard InChI is InChI=1S/C24H29NO5/c1-29-20-9-4-3-7-17(20)23(27)25-14-13-24(28)12-6-5-8-18(24)22(25)16-10-11-19(26)21(15-16)30-2/h3-4,7,9-11,15,18,22,26,28H,5-6,8,12-14H2,1-2H3. The zero-order chi connectivity index (χ0) is 21.3. The fraction of sp³-hybridized carbons (Fsp3) is 0.458. The molecule has 4 rings (SSSR count). The maximum Gasteiger partial charge on any atom is 0.258 e. The number of phenolic OH excluding ortho intramolecular Hbond substituents is 1. The molecule has 3 unspecified atom stereocenters. The molecule has 2 aromatic carbocycles. The summed E-state index contributed by atoms with van der Waals surface area (Å²) in [4.78, 5) is 15.5. The van der Waals surface area contributed by atoms with Crippen molar-refractivity contribution < 1.29 is 24.5 Å². The van der Waals surface area contributed by atoms with Gasteiger partial charge in [0.2, 0.25) is 0 Å². The number of aliphatic hydroxyl groups is 1. The van der Waals surface area contributed by atoms with Crippen molar-refractivity contribution in [1.82, 2.24) is 4.90 Å². The lowest BCUT2D eigenvalue weighted by atomic mass is 9.66. The lowest BCUT2D eigenvalue weighted by Crippen LogP contribution is -2.56. The Bertz CT molecular complexity index is 930. The van der Waals surface area contributed by atoms with Crippen LogP contribution in [0.15, 0.2) is 42.5 Å². The number of amides is 1. The predicted octanol–water partition coefficient (Wildman–Crippen LogP) is 3.92. The van der Waals surface area contributed by atoms with E-state index >= 15 is 0 Å².